The fourth-order valence-corrected chi connectivity index (χ4v) is 4.49. The van der Waals surface area contributed by atoms with E-state index in [1.807, 2.05) is 20.9 Å². The van der Waals surface area contributed by atoms with E-state index >= 15 is 0 Å². The van der Waals surface area contributed by atoms with Gasteiger partial charge in [0.25, 0.3) is 11.6 Å². The summed E-state index contributed by atoms with van der Waals surface area (Å²) in [5.41, 5.74) is 10.2. The standard InChI is InChI=1S/C29H36ClF2N6OP/c1-19(2)35-27(34)11-8-23(33)7-4-20-16-21(6-10-26(20)30)28(39)36-24-9-5-22(25(17-24)29(31,32)40)18-38-14-12-37(3)13-15-38/h5-6,8-11,16-17,19,35H,12-15,18,33-34,40H2,1-3H3,(H,36,39)/b23-8-,27-11+. The monoisotopic (exact) mass is 588 g/mol. The highest BCUT2D eigenvalue weighted by atomic mass is 35.5. The first-order chi connectivity index (χ1) is 18.8. The van der Waals surface area contributed by atoms with Gasteiger partial charge in [-0.2, -0.15) is 8.78 Å². The third-order valence-electron chi connectivity index (χ3n) is 6.18. The molecule has 0 bridgehead atoms. The van der Waals surface area contributed by atoms with Crippen molar-refractivity contribution >= 4 is 32.4 Å². The fraction of sp³-hybridized carbons (Fsp3) is 0.345. The van der Waals surface area contributed by atoms with Crippen molar-refractivity contribution in [3.63, 3.8) is 0 Å². The van der Waals surface area contributed by atoms with Crippen molar-refractivity contribution < 1.29 is 13.6 Å². The van der Waals surface area contributed by atoms with E-state index in [-0.39, 0.29) is 28.6 Å². The van der Waals surface area contributed by atoms with Crippen molar-refractivity contribution in [3.05, 3.63) is 87.3 Å². The van der Waals surface area contributed by atoms with Crippen molar-refractivity contribution in [1.82, 2.24) is 15.1 Å². The first kappa shape index (κ1) is 31.4. The summed E-state index contributed by atoms with van der Waals surface area (Å²) in [6, 6.07) is 9.39. The van der Waals surface area contributed by atoms with Crippen LogP contribution in [0.15, 0.2) is 60.1 Å². The SMILES string of the molecule is CC(C)N/C(N)=C/C=C(\N)C#Cc1cc(C(=O)Nc2ccc(CN3CCN(C)CC3)c(C(F)(F)P)c2)ccc1Cl. The number of halogens is 3. The van der Waals surface area contributed by atoms with Crippen LogP contribution in [0.2, 0.25) is 5.02 Å². The van der Waals surface area contributed by atoms with Crippen LogP contribution in [0.25, 0.3) is 0 Å². The normalized spacial score (nSPS) is 15.5. The van der Waals surface area contributed by atoms with Gasteiger partial charge in [-0.05, 0) is 74.9 Å². The van der Waals surface area contributed by atoms with E-state index < -0.39 is 11.6 Å². The molecular weight excluding hydrogens is 553 g/mol. The van der Waals surface area contributed by atoms with Gasteiger partial charge in [0.1, 0.15) is 0 Å². The maximum absolute atomic E-state index is 14.5. The maximum atomic E-state index is 14.5. The van der Waals surface area contributed by atoms with Crippen LogP contribution in [0.4, 0.5) is 14.5 Å². The largest absolute Gasteiger partial charge is 0.392 e. The molecule has 1 fully saturated rings. The van der Waals surface area contributed by atoms with Crippen LogP contribution in [0.1, 0.15) is 40.9 Å². The molecule has 2 aromatic carbocycles. The highest BCUT2D eigenvalue weighted by molar-refractivity contribution is 7.17. The van der Waals surface area contributed by atoms with Crippen LogP contribution in [-0.2, 0) is 12.2 Å². The zero-order chi connectivity index (χ0) is 29.4. The molecule has 0 spiro atoms. The molecule has 2 aromatic rings. The van der Waals surface area contributed by atoms with Gasteiger partial charge in [0.2, 0.25) is 0 Å². The first-order valence-electron chi connectivity index (χ1n) is 12.8. The Balaban J connectivity index is 1.76. The number of rotatable bonds is 8. The third-order valence-corrected chi connectivity index (χ3v) is 6.83. The van der Waals surface area contributed by atoms with E-state index in [0.717, 1.165) is 26.2 Å². The minimum atomic E-state index is -3.15. The summed E-state index contributed by atoms with van der Waals surface area (Å²) in [6.45, 7) is 7.72. The third kappa shape index (κ3) is 9.50. The van der Waals surface area contributed by atoms with Gasteiger partial charge in [-0.25, -0.2) is 0 Å². The molecule has 3 rings (SSSR count). The Morgan fingerprint density at radius 2 is 1.85 bits per heavy atom. The van der Waals surface area contributed by atoms with E-state index in [9.17, 15) is 13.6 Å². The molecule has 1 saturated heterocycles. The van der Waals surface area contributed by atoms with Gasteiger partial charge in [0, 0.05) is 61.1 Å². The Kier molecular flexibility index (Phi) is 11.0. The minimum Gasteiger partial charge on any atom is -0.392 e. The van der Waals surface area contributed by atoms with E-state index in [0.29, 0.717) is 28.5 Å². The highest BCUT2D eigenvalue weighted by Gasteiger charge is 2.29. The number of nitrogens with zero attached hydrogens (tertiary/aromatic N) is 2. The highest BCUT2D eigenvalue weighted by Crippen LogP contribution is 2.39. The molecule has 0 aliphatic carbocycles. The van der Waals surface area contributed by atoms with Crippen LogP contribution in [-0.4, -0.2) is 55.0 Å². The molecule has 0 aromatic heterocycles. The molecule has 11 heteroatoms. The second-order valence-corrected chi connectivity index (χ2v) is 11.1. The summed E-state index contributed by atoms with van der Waals surface area (Å²) in [7, 11) is 3.64. The van der Waals surface area contributed by atoms with Crippen LogP contribution in [0, 0.1) is 11.8 Å². The summed E-state index contributed by atoms with van der Waals surface area (Å²) in [5, 5.41) is 6.08. The number of nitrogens with two attached hydrogens (primary N) is 2. The number of allylic oxidation sites excluding steroid dienone is 3. The summed E-state index contributed by atoms with van der Waals surface area (Å²) in [4.78, 5) is 17.4. The molecule has 1 heterocycles. The summed E-state index contributed by atoms with van der Waals surface area (Å²) >= 11 is 6.28. The zero-order valence-corrected chi connectivity index (χ0v) is 24.8. The summed E-state index contributed by atoms with van der Waals surface area (Å²) in [6.07, 6.45) is 3.17. The summed E-state index contributed by atoms with van der Waals surface area (Å²) < 4.78 is 29.1. The number of anilines is 1. The number of benzene rings is 2. The van der Waals surface area contributed by atoms with E-state index in [2.05, 4.69) is 32.3 Å². The lowest BCUT2D eigenvalue weighted by Crippen LogP contribution is -2.44. The Hall–Kier alpha value is -3.15. The van der Waals surface area contributed by atoms with Crippen LogP contribution in [0.5, 0.6) is 0 Å². The molecule has 0 saturated carbocycles. The second-order valence-electron chi connectivity index (χ2n) is 10.0. The van der Waals surface area contributed by atoms with Crippen molar-refractivity contribution in [1.29, 1.82) is 0 Å². The molecule has 1 aliphatic rings. The van der Waals surface area contributed by atoms with E-state index in [4.69, 9.17) is 23.1 Å². The molecule has 1 aliphatic heterocycles. The Morgan fingerprint density at radius 1 is 1.15 bits per heavy atom. The Labute approximate surface area is 242 Å². The van der Waals surface area contributed by atoms with Gasteiger partial charge in [0.05, 0.1) is 16.5 Å². The van der Waals surface area contributed by atoms with Crippen LogP contribution < -0.4 is 22.1 Å². The number of piperazine rings is 1. The van der Waals surface area contributed by atoms with Gasteiger partial charge in [-0.15, -0.1) is 0 Å². The second kappa shape index (κ2) is 14.0. The van der Waals surface area contributed by atoms with Gasteiger partial charge < -0.3 is 27.0 Å². The lowest BCUT2D eigenvalue weighted by molar-refractivity contribution is 0.0988. The number of carbonyl (C=O) groups is 1. The van der Waals surface area contributed by atoms with Crippen molar-refractivity contribution in [2.45, 2.75) is 32.1 Å². The zero-order valence-electron chi connectivity index (χ0n) is 22.9. The number of alkyl halides is 2. The molecule has 1 atom stereocenters. The number of hydrogen-bond donors (Lipinski definition) is 4. The molecule has 1 amide bonds. The number of hydrogen-bond acceptors (Lipinski definition) is 6. The molecule has 7 nitrogen and oxygen atoms in total. The Morgan fingerprint density at radius 3 is 2.50 bits per heavy atom. The molecule has 40 heavy (non-hydrogen) atoms. The van der Waals surface area contributed by atoms with Gasteiger partial charge in [-0.1, -0.05) is 32.8 Å². The lowest BCUT2D eigenvalue weighted by atomic mass is 10.0. The molecule has 6 N–H and O–H groups in total. The first-order valence-corrected chi connectivity index (χ1v) is 13.8. The molecule has 214 valence electrons. The van der Waals surface area contributed by atoms with Gasteiger partial charge in [0.15, 0.2) is 0 Å². The topological polar surface area (TPSA) is 99.6 Å². The molecule has 0 radical (unpaired) electrons. The average Bonchev–Trinajstić information content (AvgIpc) is 2.88. The number of likely N-dealkylation sites (N-methyl/N-ethyl adjacent to an activating group) is 1. The van der Waals surface area contributed by atoms with Crippen molar-refractivity contribution in [3.8, 4) is 11.8 Å². The number of amides is 1. The van der Waals surface area contributed by atoms with Gasteiger partial charge >= 0.3 is 0 Å². The maximum Gasteiger partial charge on any atom is 0.284 e. The van der Waals surface area contributed by atoms with Crippen molar-refractivity contribution in [2.75, 3.05) is 38.5 Å². The number of nitrogens with one attached hydrogen (secondary N) is 2. The van der Waals surface area contributed by atoms with E-state index in [1.54, 1.807) is 39.6 Å². The van der Waals surface area contributed by atoms with Gasteiger partial charge in [-0.3, -0.25) is 9.69 Å². The minimum absolute atomic E-state index is 0.141. The predicted molar refractivity (Wildman–Crippen MR) is 162 cm³/mol. The smallest absolute Gasteiger partial charge is 0.284 e. The quantitative estimate of drug-likeness (QED) is 0.209. The molecular formula is C29H36ClF2N6OP. The van der Waals surface area contributed by atoms with E-state index in [1.165, 1.54) is 18.2 Å². The number of carbonyl (C=O) groups excluding carboxylic acids is 1. The Bertz CT molecular complexity index is 1340. The summed E-state index contributed by atoms with van der Waals surface area (Å²) in [5.74, 6) is 5.61. The predicted octanol–water partition coefficient (Wildman–Crippen LogP) is 4.26. The van der Waals surface area contributed by atoms with Crippen LogP contribution in [0.3, 0.4) is 0 Å². The average molecular weight is 589 g/mol. The van der Waals surface area contributed by atoms with Crippen molar-refractivity contribution in [2.24, 2.45) is 11.5 Å². The fourth-order valence-electron chi connectivity index (χ4n) is 4.06. The molecule has 1 unspecified atom stereocenters. The van der Waals surface area contributed by atoms with Crippen LogP contribution >= 0.6 is 20.8 Å². The lowest BCUT2D eigenvalue weighted by Gasteiger charge is -2.33.